The Hall–Kier alpha value is -0.260. The van der Waals surface area contributed by atoms with Crippen LogP contribution in [0.4, 0.5) is 0 Å². The van der Waals surface area contributed by atoms with Crippen LogP contribution >= 0.6 is 11.6 Å². The molecular formula is C14H22ClNO. The van der Waals surface area contributed by atoms with Gasteiger partial charge in [0.25, 0.3) is 6.04 Å². The van der Waals surface area contributed by atoms with Gasteiger partial charge in [-0.15, -0.1) is 11.6 Å². The monoisotopic (exact) mass is 255 g/mol. The molecule has 0 aromatic heterocycles. The van der Waals surface area contributed by atoms with Crippen molar-refractivity contribution in [1.29, 1.82) is 0 Å². The Morgan fingerprint density at radius 3 is 2.47 bits per heavy atom. The second-order valence-corrected chi connectivity index (χ2v) is 6.18. The molecule has 0 amide bonds. The van der Waals surface area contributed by atoms with Gasteiger partial charge in [-0.05, 0) is 50.9 Å². The Labute approximate surface area is 109 Å². The summed E-state index contributed by atoms with van der Waals surface area (Å²) in [5.74, 6) is 0.846. The summed E-state index contributed by atoms with van der Waals surface area (Å²) in [5, 5.41) is -0.00577. The van der Waals surface area contributed by atoms with Gasteiger partial charge < -0.3 is 9.58 Å². The highest BCUT2D eigenvalue weighted by molar-refractivity contribution is 6.21. The lowest BCUT2D eigenvalue weighted by molar-refractivity contribution is -0.0520. The third-order valence-corrected chi connectivity index (χ3v) is 4.68. The molecule has 0 bridgehead atoms. The maximum absolute atomic E-state index is 7.27. The third-order valence-electron chi connectivity index (χ3n) is 4.20. The molecule has 3 heteroatoms. The number of ether oxygens (including phenoxy) is 1. The highest BCUT2D eigenvalue weighted by atomic mass is 35.5. The lowest BCUT2D eigenvalue weighted by Crippen LogP contribution is -2.40. The molecule has 0 aliphatic heterocycles. The van der Waals surface area contributed by atoms with Crippen molar-refractivity contribution in [3.8, 4) is 0 Å². The molecule has 0 aromatic carbocycles. The fraction of sp³-hybridized carbons (Fsp3) is 0.929. The molecule has 17 heavy (non-hydrogen) atoms. The summed E-state index contributed by atoms with van der Waals surface area (Å²) in [5.41, 5.74) is 0. The molecule has 0 spiro atoms. The van der Waals surface area contributed by atoms with Crippen molar-refractivity contribution >= 4 is 11.6 Å². The van der Waals surface area contributed by atoms with Gasteiger partial charge in [0.15, 0.2) is 0 Å². The predicted molar refractivity (Wildman–Crippen MR) is 70.2 cm³/mol. The Bertz CT molecular complexity index is 280. The maximum Gasteiger partial charge on any atom is 0.265 e. The first-order chi connectivity index (χ1) is 8.20. The summed E-state index contributed by atoms with van der Waals surface area (Å²) < 4.78 is 6.16. The molecule has 3 unspecified atom stereocenters. The van der Waals surface area contributed by atoms with E-state index in [1.54, 1.807) is 0 Å². The molecular weight excluding hydrogens is 234 g/mol. The number of rotatable bonds is 2. The maximum atomic E-state index is 7.27. The van der Waals surface area contributed by atoms with Crippen molar-refractivity contribution in [3.63, 3.8) is 0 Å². The van der Waals surface area contributed by atoms with E-state index >= 15 is 0 Å². The third kappa shape index (κ3) is 3.36. The summed E-state index contributed by atoms with van der Waals surface area (Å²) in [7, 11) is 0. The van der Waals surface area contributed by atoms with Gasteiger partial charge >= 0.3 is 0 Å². The number of nitrogens with zero attached hydrogens (tertiary/aromatic N) is 1. The standard InChI is InChI=1S/C14H22ClNO/c1-10-6-8-11(9-7-10)17-13-5-3-4-12(15)14(13)16-2/h10-14H,3-9H2,1H3. The Morgan fingerprint density at radius 2 is 1.82 bits per heavy atom. The van der Waals surface area contributed by atoms with Crippen molar-refractivity contribution in [3.05, 3.63) is 11.4 Å². The van der Waals surface area contributed by atoms with Gasteiger partial charge in [0.1, 0.15) is 11.5 Å². The molecule has 2 saturated carbocycles. The molecule has 0 N–H and O–H groups in total. The lowest BCUT2D eigenvalue weighted by atomic mass is 9.87. The van der Waals surface area contributed by atoms with Crippen LogP contribution in [0.1, 0.15) is 51.9 Å². The molecule has 0 heterocycles. The Kier molecular flexibility index (Phi) is 4.70. The number of hydrogen-bond acceptors (Lipinski definition) is 1. The molecule has 3 atom stereocenters. The average molecular weight is 256 g/mol. The summed E-state index contributed by atoms with van der Waals surface area (Å²) in [6.07, 6.45) is 8.41. The molecule has 2 aliphatic carbocycles. The molecule has 96 valence electrons. The average Bonchev–Trinajstić information content (AvgIpc) is 2.32. The highest BCUT2D eigenvalue weighted by Gasteiger charge is 2.39. The van der Waals surface area contributed by atoms with Crippen LogP contribution in [0.3, 0.4) is 0 Å². The van der Waals surface area contributed by atoms with E-state index in [1.807, 2.05) is 0 Å². The predicted octanol–water partition coefficient (Wildman–Crippen LogP) is 4.03. The fourth-order valence-electron chi connectivity index (χ4n) is 3.01. The molecule has 2 fully saturated rings. The smallest absolute Gasteiger partial charge is 0.265 e. The fourth-order valence-corrected chi connectivity index (χ4v) is 3.39. The Morgan fingerprint density at radius 1 is 1.12 bits per heavy atom. The minimum Gasteiger partial charge on any atom is -0.367 e. The zero-order chi connectivity index (χ0) is 12.3. The van der Waals surface area contributed by atoms with E-state index in [0.717, 1.165) is 38.0 Å². The van der Waals surface area contributed by atoms with E-state index in [-0.39, 0.29) is 17.5 Å². The quantitative estimate of drug-likeness (QED) is 0.537. The molecule has 0 radical (unpaired) electrons. The van der Waals surface area contributed by atoms with Crippen molar-refractivity contribution in [2.45, 2.75) is 75.5 Å². The van der Waals surface area contributed by atoms with Crippen molar-refractivity contribution in [1.82, 2.24) is 0 Å². The zero-order valence-electron chi connectivity index (χ0n) is 10.6. The number of alkyl halides is 1. The van der Waals surface area contributed by atoms with Gasteiger partial charge in [-0.25, -0.2) is 6.57 Å². The normalized spacial score (nSPS) is 43.0. The Balaban J connectivity index is 1.87. The van der Waals surface area contributed by atoms with Gasteiger partial charge in [-0.3, -0.25) is 0 Å². The van der Waals surface area contributed by atoms with Crippen LogP contribution in [0.5, 0.6) is 0 Å². The van der Waals surface area contributed by atoms with Gasteiger partial charge in [-0.2, -0.15) is 0 Å². The van der Waals surface area contributed by atoms with Gasteiger partial charge in [-0.1, -0.05) is 6.92 Å². The molecule has 0 aromatic rings. The minimum atomic E-state index is -0.121. The van der Waals surface area contributed by atoms with Crippen LogP contribution in [-0.4, -0.2) is 23.6 Å². The largest absolute Gasteiger partial charge is 0.367 e. The zero-order valence-corrected chi connectivity index (χ0v) is 11.3. The van der Waals surface area contributed by atoms with Gasteiger partial charge in [0.05, 0.1) is 6.10 Å². The summed E-state index contributed by atoms with van der Waals surface area (Å²) in [6, 6.07) is -0.121. The van der Waals surface area contributed by atoms with E-state index in [4.69, 9.17) is 22.9 Å². The second-order valence-electron chi connectivity index (χ2n) is 5.62. The van der Waals surface area contributed by atoms with E-state index in [2.05, 4.69) is 11.8 Å². The van der Waals surface area contributed by atoms with Crippen molar-refractivity contribution in [2.24, 2.45) is 5.92 Å². The first-order valence-corrected chi connectivity index (χ1v) is 7.30. The first kappa shape index (κ1) is 13.2. The SMILES string of the molecule is [C-]#[N+]C1C(Cl)CCCC1OC1CCC(C)CC1. The summed E-state index contributed by atoms with van der Waals surface area (Å²) in [6.45, 7) is 9.58. The summed E-state index contributed by atoms with van der Waals surface area (Å²) >= 11 is 6.22. The first-order valence-electron chi connectivity index (χ1n) is 6.86. The van der Waals surface area contributed by atoms with Gasteiger partial charge in [0.2, 0.25) is 0 Å². The highest BCUT2D eigenvalue weighted by Crippen LogP contribution is 2.32. The van der Waals surface area contributed by atoms with Crippen LogP contribution < -0.4 is 0 Å². The molecule has 0 saturated heterocycles. The van der Waals surface area contributed by atoms with Crippen LogP contribution in [0.15, 0.2) is 0 Å². The van der Waals surface area contributed by atoms with Crippen LogP contribution in [0, 0.1) is 12.5 Å². The van der Waals surface area contributed by atoms with E-state index in [9.17, 15) is 0 Å². The molecule has 2 nitrogen and oxygen atoms in total. The topological polar surface area (TPSA) is 13.6 Å². The van der Waals surface area contributed by atoms with Crippen LogP contribution in [0.25, 0.3) is 4.85 Å². The van der Waals surface area contributed by atoms with Crippen molar-refractivity contribution < 1.29 is 4.74 Å². The van der Waals surface area contributed by atoms with Gasteiger partial charge in [0, 0.05) is 0 Å². The van der Waals surface area contributed by atoms with Crippen LogP contribution in [0.2, 0.25) is 0 Å². The number of halogens is 1. The molecule has 2 aliphatic rings. The minimum absolute atomic E-state index is 0.00577. The van der Waals surface area contributed by atoms with E-state index in [0.29, 0.717) is 6.10 Å². The van der Waals surface area contributed by atoms with E-state index in [1.165, 1.54) is 12.8 Å². The lowest BCUT2D eigenvalue weighted by Gasteiger charge is -2.33. The summed E-state index contributed by atoms with van der Waals surface area (Å²) in [4.78, 5) is 3.68. The van der Waals surface area contributed by atoms with E-state index < -0.39 is 0 Å². The van der Waals surface area contributed by atoms with Crippen molar-refractivity contribution in [2.75, 3.05) is 0 Å². The number of hydrogen-bond donors (Lipinski definition) is 0. The second kappa shape index (κ2) is 6.07. The van der Waals surface area contributed by atoms with Crippen LogP contribution in [-0.2, 0) is 4.74 Å². The molecule has 2 rings (SSSR count).